The van der Waals surface area contributed by atoms with Gasteiger partial charge in [0.15, 0.2) is 0 Å². The molecule has 6 nitrogen and oxygen atoms in total. The van der Waals surface area contributed by atoms with Crippen molar-refractivity contribution in [2.45, 2.75) is 32.3 Å². The maximum Gasteiger partial charge on any atom is 0.266 e. The summed E-state index contributed by atoms with van der Waals surface area (Å²) in [4.78, 5) is 13.9. The normalized spacial score (nSPS) is 12.6. The maximum atomic E-state index is 12.8. The van der Waals surface area contributed by atoms with Crippen LogP contribution in [-0.2, 0) is 24.2 Å². The summed E-state index contributed by atoms with van der Waals surface area (Å²) >= 11 is 1.43. The number of hydrogen-bond acceptors (Lipinski definition) is 6. The third kappa shape index (κ3) is 4.99. The van der Waals surface area contributed by atoms with E-state index in [0.717, 1.165) is 41.7 Å². The number of ether oxygens (including phenoxy) is 1. The van der Waals surface area contributed by atoms with Gasteiger partial charge in [0.05, 0.1) is 17.2 Å². The Kier molecular flexibility index (Phi) is 7.04. The lowest BCUT2D eigenvalue weighted by atomic mass is 9.96. The first-order chi connectivity index (χ1) is 16.6. The van der Waals surface area contributed by atoms with Crippen LogP contribution in [0, 0.1) is 34.0 Å². The molecule has 0 radical (unpaired) electrons. The highest BCUT2D eigenvalue weighted by Crippen LogP contribution is 2.37. The minimum absolute atomic E-state index is 0.0492. The van der Waals surface area contributed by atoms with Gasteiger partial charge in [0, 0.05) is 10.4 Å². The summed E-state index contributed by atoms with van der Waals surface area (Å²) in [6.45, 7) is 0.261. The van der Waals surface area contributed by atoms with E-state index in [1.54, 1.807) is 36.4 Å². The molecule has 3 aromatic rings. The van der Waals surface area contributed by atoms with E-state index in [4.69, 9.17) is 4.74 Å². The Bertz CT molecular complexity index is 1380. The molecule has 0 fully saturated rings. The van der Waals surface area contributed by atoms with Gasteiger partial charge < -0.3 is 10.1 Å². The Hall–Kier alpha value is -4.38. The minimum Gasteiger partial charge on any atom is -0.489 e. The number of nitrogens with one attached hydrogen (secondary N) is 1. The number of anilines is 1. The second-order valence-electron chi connectivity index (χ2n) is 7.78. The fourth-order valence-corrected chi connectivity index (χ4v) is 5.07. The summed E-state index contributed by atoms with van der Waals surface area (Å²) in [5, 5.41) is 31.6. The number of carbonyl (C=O) groups excluding carboxylic acids is 1. The topological polar surface area (TPSA) is 110 Å². The fourth-order valence-electron chi connectivity index (χ4n) is 3.83. The van der Waals surface area contributed by atoms with Crippen LogP contribution in [0.4, 0.5) is 5.00 Å². The quantitative estimate of drug-likeness (QED) is 0.383. The molecule has 0 bridgehead atoms. The molecule has 7 heteroatoms. The van der Waals surface area contributed by atoms with Gasteiger partial charge in [-0.15, -0.1) is 11.3 Å². The molecule has 0 atom stereocenters. The van der Waals surface area contributed by atoms with E-state index >= 15 is 0 Å². The van der Waals surface area contributed by atoms with Crippen molar-refractivity contribution in [1.82, 2.24) is 0 Å². The van der Waals surface area contributed by atoms with Crippen LogP contribution in [0.15, 0.2) is 54.1 Å². The highest BCUT2D eigenvalue weighted by molar-refractivity contribution is 7.16. The summed E-state index contributed by atoms with van der Waals surface area (Å²) in [6.07, 6.45) is 5.40. The first-order valence-electron chi connectivity index (χ1n) is 10.8. The molecule has 1 amide bonds. The van der Waals surface area contributed by atoms with Crippen molar-refractivity contribution in [2.24, 2.45) is 0 Å². The van der Waals surface area contributed by atoms with Crippen molar-refractivity contribution < 1.29 is 9.53 Å². The summed E-state index contributed by atoms with van der Waals surface area (Å²) in [7, 11) is 0. The number of aryl methyl sites for hydroxylation is 1. The Morgan fingerprint density at radius 1 is 1.03 bits per heavy atom. The molecule has 0 saturated carbocycles. The second kappa shape index (κ2) is 10.5. The van der Waals surface area contributed by atoms with E-state index in [9.17, 15) is 20.6 Å². The highest BCUT2D eigenvalue weighted by Gasteiger charge is 2.22. The number of nitrogens with zero attached hydrogens (tertiary/aromatic N) is 3. The number of rotatable bonds is 6. The van der Waals surface area contributed by atoms with Crippen molar-refractivity contribution in [2.75, 3.05) is 5.32 Å². The van der Waals surface area contributed by atoms with Gasteiger partial charge in [0.1, 0.15) is 35.1 Å². The van der Waals surface area contributed by atoms with Crippen LogP contribution in [0.2, 0.25) is 0 Å². The molecule has 0 unspecified atom stereocenters. The smallest absolute Gasteiger partial charge is 0.266 e. The number of hydrogen-bond donors (Lipinski definition) is 1. The van der Waals surface area contributed by atoms with E-state index in [-0.39, 0.29) is 12.2 Å². The van der Waals surface area contributed by atoms with Crippen LogP contribution in [0.25, 0.3) is 6.08 Å². The van der Waals surface area contributed by atoms with Crippen molar-refractivity contribution in [3.05, 3.63) is 86.8 Å². The standard InChI is InChI=1S/C27H20N4O2S/c28-14-19-5-1-2-6-20(19)17-33-22-11-9-18(10-12-22)13-21(15-29)26(32)31-27-24(16-30)23-7-3-4-8-25(23)34-27/h1-2,5-6,9-13H,3-4,7-8,17H2,(H,31,32)/b21-13+. The Morgan fingerprint density at radius 2 is 1.79 bits per heavy atom. The maximum absolute atomic E-state index is 12.8. The molecule has 0 aliphatic heterocycles. The predicted octanol–water partition coefficient (Wildman–Crippen LogP) is 5.49. The number of nitriles is 3. The third-order valence-corrected chi connectivity index (χ3v) is 6.81. The molecule has 1 N–H and O–H groups in total. The van der Waals surface area contributed by atoms with E-state index in [0.29, 0.717) is 27.4 Å². The van der Waals surface area contributed by atoms with Gasteiger partial charge in [0.2, 0.25) is 0 Å². The van der Waals surface area contributed by atoms with E-state index in [1.165, 1.54) is 17.4 Å². The highest BCUT2D eigenvalue weighted by atomic mass is 32.1. The Labute approximate surface area is 202 Å². The molecule has 1 aliphatic carbocycles. The SMILES string of the molecule is N#C/C(=C\c1ccc(OCc2ccccc2C#N)cc1)C(=O)Nc1sc2c(c1C#N)CCCC2. The average molecular weight is 465 g/mol. The molecule has 166 valence electrons. The second-order valence-corrected chi connectivity index (χ2v) is 8.88. The molecule has 1 aromatic heterocycles. The number of fused-ring (bicyclic) bond motifs is 1. The van der Waals surface area contributed by atoms with Crippen LogP contribution in [-0.4, -0.2) is 5.91 Å². The fraction of sp³-hybridized carbons (Fsp3) is 0.185. The lowest BCUT2D eigenvalue weighted by molar-refractivity contribution is -0.112. The molecule has 2 aromatic carbocycles. The third-order valence-electron chi connectivity index (χ3n) is 5.60. The molecule has 0 saturated heterocycles. The summed E-state index contributed by atoms with van der Waals surface area (Å²) in [6, 6.07) is 20.5. The van der Waals surface area contributed by atoms with Crippen molar-refractivity contribution >= 4 is 28.3 Å². The van der Waals surface area contributed by atoms with Gasteiger partial charge in [-0.25, -0.2) is 0 Å². The Balaban J connectivity index is 1.45. The number of thiophene rings is 1. The lowest BCUT2D eigenvalue weighted by Gasteiger charge is -2.09. The molecular weight excluding hydrogens is 444 g/mol. The first kappa shape index (κ1) is 22.8. The van der Waals surface area contributed by atoms with Crippen LogP contribution >= 0.6 is 11.3 Å². The van der Waals surface area contributed by atoms with Gasteiger partial charge in [-0.3, -0.25) is 4.79 Å². The zero-order chi connectivity index (χ0) is 23.9. The van der Waals surface area contributed by atoms with Crippen molar-refractivity contribution in [3.63, 3.8) is 0 Å². The molecule has 1 aliphatic rings. The van der Waals surface area contributed by atoms with Crippen LogP contribution in [0.5, 0.6) is 5.75 Å². The lowest BCUT2D eigenvalue weighted by Crippen LogP contribution is -2.13. The van der Waals surface area contributed by atoms with Crippen LogP contribution < -0.4 is 10.1 Å². The van der Waals surface area contributed by atoms with Crippen LogP contribution in [0.1, 0.15) is 45.5 Å². The summed E-state index contributed by atoms with van der Waals surface area (Å²) < 4.78 is 5.77. The summed E-state index contributed by atoms with van der Waals surface area (Å²) in [5.41, 5.74) is 3.53. The Morgan fingerprint density at radius 3 is 2.53 bits per heavy atom. The molecular formula is C27H20N4O2S. The van der Waals surface area contributed by atoms with Crippen molar-refractivity contribution in [3.8, 4) is 24.0 Å². The minimum atomic E-state index is -0.536. The molecule has 34 heavy (non-hydrogen) atoms. The largest absolute Gasteiger partial charge is 0.489 e. The summed E-state index contributed by atoms with van der Waals surface area (Å²) in [5.74, 6) is 0.0710. The number of amides is 1. The van der Waals surface area contributed by atoms with Crippen LogP contribution in [0.3, 0.4) is 0 Å². The van der Waals surface area contributed by atoms with E-state index < -0.39 is 5.91 Å². The van der Waals surface area contributed by atoms with Gasteiger partial charge >= 0.3 is 0 Å². The zero-order valence-electron chi connectivity index (χ0n) is 18.3. The van der Waals surface area contributed by atoms with Gasteiger partial charge in [0.25, 0.3) is 5.91 Å². The first-order valence-corrected chi connectivity index (χ1v) is 11.6. The van der Waals surface area contributed by atoms with Gasteiger partial charge in [-0.1, -0.05) is 30.3 Å². The predicted molar refractivity (Wildman–Crippen MR) is 130 cm³/mol. The zero-order valence-corrected chi connectivity index (χ0v) is 19.1. The van der Waals surface area contributed by atoms with Gasteiger partial charge in [-0.2, -0.15) is 15.8 Å². The molecule has 0 spiro atoms. The van der Waals surface area contributed by atoms with E-state index in [2.05, 4.69) is 17.5 Å². The van der Waals surface area contributed by atoms with Crippen molar-refractivity contribution in [1.29, 1.82) is 15.8 Å². The number of benzene rings is 2. The monoisotopic (exact) mass is 464 g/mol. The molecule has 4 rings (SSSR count). The number of carbonyl (C=O) groups is 1. The van der Waals surface area contributed by atoms with Gasteiger partial charge in [-0.05, 0) is 61.1 Å². The average Bonchev–Trinajstić information content (AvgIpc) is 3.23. The van der Waals surface area contributed by atoms with E-state index in [1.807, 2.05) is 18.2 Å². The molecule has 1 heterocycles.